The highest BCUT2D eigenvalue weighted by atomic mass is 16.5. The molecule has 1 aliphatic heterocycles. The first-order chi connectivity index (χ1) is 11.3. The van der Waals surface area contributed by atoms with Crippen LogP contribution >= 0.6 is 0 Å². The lowest BCUT2D eigenvalue weighted by molar-refractivity contribution is -0.119. The summed E-state index contributed by atoms with van der Waals surface area (Å²) >= 11 is 0. The third-order valence-electron chi connectivity index (χ3n) is 4.11. The summed E-state index contributed by atoms with van der Waals surface area (Å²) in [6, 6.07) is 13.7. The average Bonchev–Trinajstić information content (AvgIpc) is 3.25. The van der Waals surface area contributed by atoms with Crippen LogP contribution in [-0.4, -0.2) is 28.5 Å². The van der Waals surface area contributed by atoms with E-state index in [0.717, 1.165) is 29.0 Å². The molecule has 5 heteroatoms. The van der Waals surface area contributed by atoms with Gasteiger partial charge in [-0.15, -0.1) is 0 Å². The standard InChI is InChI=1S/C18H17N3O2/c22-18(14-8-10-23-12-14)19-15-6-4-13(5-7-15)16-11-21-9-2-1-3-17(21)20-16/h1-7,9,11,14H,8,10,12H2,(H,19,22). The Balaban J connectivity index is 1.52. The molecule has 1 aliphatic rings. The van der Waals surface area contributed by atoms with Gasteiger partial charge in [-0.2, -0.15) is 0 Å². The van der Waals surface area contributed by atoms with E-state index in [-0.39, 0.29) is 11.8 Å². The molecule has 1 unspecified atom stereocenters. The number of benzene rings is 1. The van der Waals surface area contributed by atoms with E-state index < -0.39 is 0 Å². The number of aromatic nitrogens is 2. The maximum absolute atomic E-state index is 12.1. The van der Waals surface area contributed by atoms with Crippen LogP contribution in [0.5, 0.6) is 0 Å². The predicted octanol–water partition coefficient (Wildman–Crippen LogP) is 2.98. The Kier molecular flexibility index (Phi) is 3.55. The predicted molar refractivity (Wildman–Crippen MR) is 88.2 cm³/mol. The quantitative estimate of drug-likeness (QED) is 0.809. The first-order valence-electron chi connectivity index (χ1n) is 7.72. The zero-order valence-electron chi connectivity index (χ0n) is 12.6. The molecule has 116 valence electrons. The number of carbonyl (C=O) groups is 1. The van der Waals surface area contributed by atoms with Crippen LogP contribution in [0.4, 0.5) is 5.69 Å². The Morgan fingerprint density at radius 2 is 2.09 bits per heavy atom. The van der Waals surface area contributed by atoms with Gasteiger partial charge in [-0.05, 0) is 30.7 Å². The first kappa shape index (κ1) is 14.0. The summed E-state index contributed by atoms with van der Waals surface area (Å²) in [5.74, 6) is -0.00361. The summed E-state index contributed by atoms with van der Waals surface area (Å²) in [6.07, 6.45) is 4.77. The number of nitrogens with one attached hydrogen (secondary N) is 1. The lowest BCUT2D eigenvalue weighted by Gasteiger charge is -2.09. The number of pyridine rings is 1. The van der Waals surface area contributed by atoms with E-state index in [0.29, 0.717) is 13.2 Å². The van der Waals surface area contributed by atoms with Crippen LogP contribution in [0, 0.1) is 5.92 Å². The smallest absolute Gasteiger partial charge is 0.229 e. The molecule has 0 saturated carbocycles. The minimum atomic E-state index is -0.0342. The number of imidazole rings is 1. The van der Waals surface area contributed by atoms with Crippen LogP contribution in [0.15, 0.2) is 54.9 Å². The molecule has 3 heterocycles. The van der Waals surface area contributed by atoms with E-state index in [1.54, 1.807) is 0 Å². The average molecular weight is 307 g/mol. The number of rotatable bonds is 3. The Morgan fingerprint density at radius 1 is 1.22 bits per heavy atom. The van der Waals surface area contributed by atoms with Crippen molar-refractivity contribution in [3.8, 4) is 11.3 Å². The minimum Gasteiger partial charge on any atom is -0.381 e. The number of nitrogens with zero attached hydrogens (tertiary/aromatic N) is 2. The molecule has 1 aromatic carbocycles. The highest BCUT2D eigenvalue weighted by molar-refractivity contribution is 5.93. The third-order valence-corrected chi connectivity index (χ3v) is 4.11. The normalized spacial score (nSPS) is 17.5. The van der Waals surface area contributed by atoms with E-state index in [1.165, 1.54) is 0 Å². The first-order valence-corrected chi connectivity index (χ1v) is 7.72. The van der Waals surface area contributed by atoms with E-state index >= 15 is 0 Å². The van der Waals surface area contributed by atoms with Gasteiger partial charge in [-0.3, -0.25) is 4.79 Å². The van der Waals surface area contributed by atoms with Crippen molar-refractivity contribution in [2.75, 3.05) is 18.5 Å². The molecule has 0 radical (unpaired) electrons. The summed E-state index contributed by atoms with van der Waals surface area (Å²) in [5, 5.41) is 2.94. The van der Waals surface area contributed by atoms with E-state index in [2.05, 4.69) is 10.3 Å². The molecule has 0 aliphatic carbocycles. The van der Waals surface area contributed by atoms with Crippen molar-refractivity contribution in [3.63, 3.8) is 0 Å². The molecular weight excluding hydrogens is 290 g/mol. The minimum absolute atomic E-state index is 0.0305. The zero-order chi connectivity index (χ0) is 15.6. The second-order valence-corrected chi connectivity index (χ2v) is 5.72. The molecular formula is C18H17N3O2. The number of carbonyl (C=O) groups excluding carboxylic acids is 1. The van der Waals surface area contributed by atoms with Crippen molar-refractivity contribution in [2.45, 2.75) is 6.42 Å². The van der Waals surface area contributed by atoms with Crippen molar-refractivity contribution in [3.05, 3.63) is 54.9 Å². The summed E-state index contributed by atoms with van der Waals surface area (Å²) < 4.78 is 7.24. The molecule has 1 atom stereocenters. The number of amides is 1. The third kappa shape index (κ3) is 2.83. The highest BCUT2D eigenvalue weighted by Gasteiger charge is 2.23. The topological polar surface area (TPSA) is 55.6 Å². The Labute approximate surface area is 133 Å². The van der Waals surface area contributed by atoms with Gasteiger partial charge < -0.3 is 14.5 Å². The van der Waals surface area contributed by atoms with Gasteiger partial charge in [0.15, 0.2) is 0 Å². The van der Waals surface area contributed by atoms with Gasteiger partial charge in [-0.1, -0.05) is 18.2 Å². The van der Waals surface area contributed by atoms with Crippen molar-refractivity contribution >= 4 is 17.2 Å². The van der Waals surface area contributed by atoms with Crippen LogP contribution < -0.4 is 5.32 Å². The van der Waals surface area contributed by atoms with Gasteiger partial charge in [0, 0.05) is 30.3 Å². The molecule has 23 heavy (non-hydrogen) atoms. The lowest BCUT2D eigenvalue weighted by Crippen LogP contribution is -2.22. The monoisotopic (exact) mass is 307 g/mol. The van der Waals surface area contributed by atoms with Gasteiger partial charge in [0.2, 0.25) is 5.91 Å². The zero-order valence-corrected chi connectivity index (χ0v) is 12.6. The Bertz CT molecular complexity index is 800. The number of hydrogen-bond acceptors (Lipinski definition) is 3. The Morgan fingerprint density at radius 3 is 2.83 bits per heavy atom. The molecule has 1 saturated heterocycles. The Hall–Kier alpha value is -2.66. The number of ether oxygens (including phenoxy) is 1. The number of fused-ring (bicyclic) bond motifs is 1. The van der Waals surface area contributed by atoms with Crippen LogP contribution in [0.3, 0.4) is 0 Å². The fourth-order valence-electron chi connectivity index (χ4n) is 2.78. The van der Waals surface area contributed by atoms with Crippen molar-refractivity contribution in [1.29, 1.82) is 0 Å². The van der Waals surface area contributed by atoms with Crippen molar-refractivity contribution < 1.29 is 9.53 Å². The van der Waals surface area contributed by atoms with Crippen LogP contribution in [0.2, 0.25) is 0 Å². The fraction of sp³-hybridized carbons (Fsp3) is 0.222. The summed E-state index contributed by atoms with van der Waals surface area (Å²) in [5.41, 5.74) is 3.66. The van der Waals surface area contributed by atoms with E-state index in [1.807, 2.05) is 59.3 Å². The SMILES string of the molecule is O=C(Nc1ccc(-c2cn3ccccc3n2)cc1)C1CCOC1. The van der Waals surface area contributed by atoms with Gasteiger partial charge in [-0.25, -0.2) is 4.98 Å². The molecule has 3 aromatic rings. The fourth-order valence-corrected chi connectivity index (χ4v) is 2.78. The molecule has 0 bridgehead atoms. The number of hydrogen-bond donors (Lipinski definition) is 1. The van der Waals surface area contributed by atoms with Gasteiger partial charge in [0.25, 0.3) is 0 Å². The second-order valence-electron chi connectivity index (χ2n) is 5.72. The van der Waals surface area contributed by atoms with E-state index in [4.69, 9.17) is 4.74 Å². The maximum Gasteiger partial charge on any atom is 0.229 e. The summed E-state index contributed by atoms with van der Waals surface area (Å²) in [6.45, 7) is 1.19. The highest BCUT2D eigenvalue weighted by Crippen LogP contribution is 2.22. The molecule has 5 nitrogen and oxygen atoms in total. The maximum atomic E-state index is 12.1. The molecule has 2 aromatic heterocycles. The molecule has 1 fully saturated rings. The van der Waals surface area contributed by atoms with Crippen molar-refractivity contribution in [1.82, 2.24) is 9.38 Å². The lowest BCUT2D eigenvalue weighted by atomic mass is 10.1. The largest absolute Gasteiger partial charge is 0.381 e. The van der Waals surface area contributed by atoms with Crippen LogP contribution in [-0.2, 0) is 9.53 Å². The van der Waals surface area contributed by atoms with Crippen molar-refractivity contribution in [2.24, 2.45) is 5.92 Å². The van der Waals surface area contributed by atoms with Gasteiger partial charge in [0.1, 0.15) is 5.65 Å². The van der Waals surface area contributed by atoms with Crippen LogP contribution in [0.25, 0.3) is 16.9 Å². The second kappa shape index (κ2) is 5.85. The molecule has 1 amide bonds. The van der Waals surface area contributed by atoms with Gasteiger partial charge in [0.05, 0.1) is 18.2 Å². The van der Waals surface area contributed by atoms with Gasteiger partial charge >= 0.3 is 0 Å². The molecule has 4 rings (SSSR count). The molecule has 0 spiro atoms. The van der Waals surface area contributed by atoms with Crippen LogP contribution in [0.1, 0.15) is 6.42 Å². The van der Waals surface area contributed by atoms with E-state index in [9.17, 15) is 4.79 Å². The molecule has 1 N–H and O–H groups in total. The number of anilines is 1. The summed E-state index contributed by atoms with van der Waals surface area (Å²) in [4.78, 5) is 16.7. The summed E-state index contributed by atoms with van der Waals surface area (Å²) in [7, 11) is 0.